The van der Waals surface area contributed by atoms with Crippen molar-refractivity contribution in [3.63, 3.8) is 0 Å². The smallest absolute Gasteiger partial charge is 0.289 e. The van der Waals surface area contributed by atoms with Crippen molar-refractivity contribution in [1.29, 1.82) is 0 Å². The molecule has 0 radical (unpaired) electrons. The maximum absolute atomic E-state index is 13.1. The SMILES string of the molecule is Cc1cccc(C(=O)NC(C(=O)N2CCN(C(=O)c3ccco3)CC2)C(C)C)c1. The molecular weight excluding hydrogens is 370 g/mol. The van der Waals surface area contributed by atoms with E-state index in [1.165, 1.54) is 6.26 Å². The van der Waals surface area contributed by atoms with Gasteiger partial charge in [-0.15, -0.1) is 0 Å². The van der Waals surface area contributed by atoms with Crippen molar-refractivity contribution in [2.24, 2.45) is 5.92 Å². The van der Waals surface area contributed by atoms with E-state index < -0.39 is 6.04 Å². The van der Waals surface area contributed by atoms with Crippen LogP contribution in [0.4, 0.5) is 0 Å². The fourth-order valence-corrected chi connectivity index (χ4v) is 3.41. The van der Waals surface area contributed by atoms with Crippen molar-refractivity contribution >= 4 is 17.7 Å². The van der Waals surface area contributed by atoms with Crippen LogP contribution >= 0.6 is 0 Å². The molecule has 2 heterocycles. The molecule has 0 bridgehead atoms. The van der Waals surface area contributed by atoms with Gasteiger partial charge in [-0.05, 0) is 37.1 Å². The molecule has 1 aliphatic heterocycles. The van der Waals surface area contributed by atoms with E-state index in [0.29, 0.717) is 37.5 Å². The first-order valence-electron chi connectivity index (χ1n) is 9.86. The second kappa shape index (κ2) is 8.94. The Labute approximate surface area is 170 Å². The predicted octanol–water partition coefficient (Wildman–Crippen LogP) is 2.33. The third kappa shape index (κ3) is 4.85. The minimum Gasteiger partial charge on any atom is -0.459 e. The van der Waals surface area contributed by atoms with E-state index in [-0.39, 0.29) is 23.6 Å². The van der Waals surface area contributed by atoms with Crippen molar-refractivity contribution in [3.8, 4) is 0 Å². The summed E-state index contributed by atoms with van der Waals surface area (Å²) in [5.41, 5.74) is 1.53. The van der Waals surface area contributed by atoms with Gasteiger partial charge in [0.1, 0.15) is 6.04 Å². The standard InChI is InChI=1S/C22H27N3O4/c1-15(2)19(23-20(26)17-7-4-6-16(3)14-17)22(28)25-11-9-24(10-12-25)21(27)18-8-5-13-29-18/h4-8,13-15,19H,9-12H2,1-3H3,(H,23,26). The summed E-state index contributed by atoms with van der Waals surface area (Å²) in [5.74, 6) is -0.303. The Bertz CT molecular complexity index is 868. The van der Waals surface area contributed by atoms with Gasteiger partial charge in [0.15, 0.2) is 5.76 Å². The van der Waals surface area contributed by atoms with E-state index in [4.69, 9.17) is 4.42 Å². The van der Waals surface area contributed by atoms with Crippen LogP contribution in [0.5, 0.6) is 0 Å². The minimum absolute atomic E-state index is 0.0564. The van der Waals surface area contributed by atoms with Crippen molar-refractivity contribution in [1.82, 2.24) is 15.1 Å². The monoisotopic (exact) mass is 397 g/mol. The molecule has 29 heavy (non-hydrogen) atoms. The van der Waals surface area contributed by atoms with E-state index >= 15 is 0 Å². The van der Waals surface area contributed by atoms with Gasteiger partial charge in [0, 0.05) is 31.7 Å². The van der Waals surface area contributed by atoms with E-state index in [1.807, 2.05) is 32.9 Å². The van der Waals surface area contributed by atoms with Crippen LogP contribution in [0.3, 0.4) is 0 Å². The molecule has 7 nitrogen and oxygen atoms in total. The second-order valence-electron chi connectivity index (χ2n) is 7.66. The Balaban J connectivity index is 1.61. The highest BCUT2D eigenvalue weighted by Crippen LogP contribution is 2.14. The predicted molar refractivity (Wildman–Crippen MR) is 108 cm³/mol. The summed E-state index contributed by atoms with van der Waals surface area (Å²) in [6.07, 6.45) is 1.47. The van der Waals surface area contributed by atoms with Gasteiger partial charge >= 0.3 is 0 Å². The summed E-state index contributed by atoms with van der Waals surface area (Å²) in [7, 11) is 0. The lowest BCUT2D eigenvalue weighted by atomic mass is 10.0. The molecule has 2 aromatic rings. The molecule has 1 saturated heterocycles. The van der Waals surface area contributed by atoms with Crippen molar-refractivity contribution in [3.05, 3.63) is 59.5 Å². The molecule has 1 unspecified atom stereocenters. The highest BCUT2D eigenvalue weighted by molar-refractivity contribution is 5.98. The van der Waals surface area contributed by atoms with Gasteiger partial charge in [0.25, 0.3) is 11.8 Å². The Kier molecular flexibility index (Phi) is 6.36. The normalized spacial score (nSPS) is 15.3. The number of rotatable bonds is 5. The van der Waals surface area contributed by atoms with Gasteiger partial charge in [0.2, 0.25) is 5.91 Å². The summed E-state index contributed by atoms with van der Waals surface area (Å²) in [5, 5.41) is 2.89. The number of nitrogens with zero attached hydrogens (tertiary/aromatic N) is 2. The molecule has 0 aliphatic carbocycles. The van der Waals surface area contributed by atoms with E-state index in [1.54, 1.807) is 34.1 Å². The highest BCUT2D eigenvalue weighted by Gasteiger charge is 2.32. The Morgan fingerprint density at radius 2 is 1.69 bits per heavy atom. The molecule has 1 N–H and O–H groups in total. The third-order valence-corrected chi connectivity index (χ3v) is 5.11. The number of hydrogen-bond acceptors (Lipinski definition) is 4. The summed E-state index contributed by atoms with van der Waals surface area (Å²) >= 11 is 0. The van der Waals surface area contributed by atoms with Gasteiger partial charge in [-0.2, -0.15) is 0 Å². The van der Waals surface area contributed by atoms with E-state index in [0.717, 1.165) is 5.56 Å². The van der Waals surface area contributed by atoms with Crippen LogP contribution in [-0.4, -0.2) is 59.7 Å². The number of amides is 3. The number of benzene rings is 1. The van der Waals surface area contributed by atoms with Gasteiger partial charge < -0.3 is 19.5 Å². The first kappa shape index (κ1) is 20.6. The molecule has 154 valence electrons. The maximum Gasteiger partial charge on any atom is 0.289 e. The lowest BCUT2D eigenvalue weighted by molar-refractivity contribution is -0.135. The average Bonchev–Trinajstić information content (AvgIpc) is 3.25. The molecule has 1 aromatic carbocycles. The highest BCUT2D eigenvalue weighted by atomic mass is 16.3. The quantitative estimate of drug-likeness (QED) is 0.839. The minimum atomic E-state index is -0.615. The number of hydrogen-bond donors (Lipinski definition) is 1. The topological polar surface area (TPSA) is 82.9 Å². The largest absolute Gasteiger partial charge is 0.459 e. The molecule has 1 atom stereocenters. The van der Waals surface area contributed by atoms with Crippen LogP contribution in [-0.2, 0) is 4.79 Å². The number of carbonyl (C=O) groups excluding carboxylic acids is 3. The molecule has 3 amide bonds. The Morgan fingerprint density at radius 1 is 1.00 bits per heavy atom. The lowest BCUT2D eigenvalue weighted by Gasteiger charge is -2.37. The van der Waals surface area contributed by atoms with Gasteiger partial charge in [0.05, 0.1) is 6.26 Å². The Hall–Kier alpha value is -3.09. The van der Waals surface area contributed by atoms with Crippen LogP contribution in [0.1, 0.15) is 40.3 Å². The average molecular weight is 397 g/mol. The van der Waals surface area contributed by atoms with Crippen molar-refractivity contribution < 1.29 is 18.8 Å². The fourth-order valence-electron chi connectivity index (χ4n) is 3.41. The molecule has 0 spiro atoms. The maximum atomic E-state index is 13.1. The van der Waals surface area contributed by atoms with Gasteiger partial charge in [-0.25, -0.2) is 0 Å². The summed E-state index contributed by atoms with van der Waals surface area (Å²) in [4.78, 5) is 41.5. The molecular formula is C22H27N3O4. The molecule has 1 aliphatic rings. The molecule has 7 heteroatoms. The zero-order valence-electron chi connectivity index (χ0n) is 17.1. The van der Waals surface area contributed by atoms with Gasteiger partial charge in [-0.3, -0.25) is 14.4 Å². The van der Waals surface area contributed by atoms with Crippen molar-refractivity contribution in [2.45, 2.75) is 26.8 Å². The van der Waals surface area contributed by atoms with E-state index in [9.17, 15) is 14.4 Å². The first-order valence-corrected chi connectivity index (χ1v) is 9.86. The van der Waals surface area contributed by atoms with Crippen LogP contribution in [0.15, 0.2) is 47.1 Å². The molecule has 3 rings (SSSR count). The summed E-state index contributed by atoms with van der Waals surface area (Å²) in [6.45, 7) is 7.46. The van der Waals surface area contributed by atoms with Crippen LogP contribution in [0.2, 0.25) is 0 Å². The number of nitrogens with one attached hydrogen (secondary N) is 1. The number of aryl methyl sites for hydroxylation is 1. The number of furan rings is 1. The molecule has 0 saturated carbocycles. The number of carbonyl (C=O) groups is 3. The fraction of sp³-hybridized carbons (Fsp3) is 0.409. The third-order valence-electron chi connectivity index (χ3n) is 5.11. The van der Waals surface area contributed by atoms with Crippen LogP contribution < -0.4 is 5.32 Å². The number of piperazine rings is 1. The van der Waals surface area contributed by atoms with Gasteiger partial charge in [-0.1, -0.05) is 31.5 Å². The zero-order chi connectivity index (χ0) is 21.0. The molecule has 1 fully saturated rings. The Morgan fingerprint density at radius 3 is 2.28 bits per heavy atom. The van der Waals surface area contributed by atoms with Crippen molar-refractivity contribution in [2.75, 3.05) is 26.2 Å². The van der Waals surface area contributed by atoms with Crippen LogP contribution in [0.25, 0.3) is 0 Å². The van der Waals surface area contributed by atoms with Crippen LogP contribution in [0, 0.1) is 12.8 Å². The second-order valence-corrected chi connectivity index (χ2v) is 7.66. The zero-order valence-corrected chi connectivity index (χ0v) is 17.1. The lowest BCUT2D eigenvalue weighted by Crippen LogP contribution is -2.57. The summed E-state index contributed by atoms with van der Waals surface area (Å²) in [6, 6.07) is 9.98. The molecule has 1 aromatic heterocycles. The van der Waals surface area contributed by atoms with E-state index in [2.05, 4.69) is 5.32 Å². The summed E-state index contributed by atoms with van der Waals surface area (Å²) < 4.78 is 5.17. The first-order chi connectivity index (χ1) is 13.9.